The van der Waals surface area contributed by atoms with Crippen LogP contribution in [0.5, 0.6) is 0 Å². The molecule has 1 amide bonds. The lowest BCUT2D eigenvalue weighted by Crippen LogP contribution is -2.57. The van der Waals surface area contributed by atoms with Gasteiger partial charge in [0.25, 0.3) is 0 Å². The van der Waals surface area contributed by atoms with Gasteiger partial charge >= 0.3 is 6.09 Å². The zero-order chi connectivity index (χ0) is 17.4. The van der Waals surface area contributed by atoms with Gasteiger partial charge in [0.2, 0.25) is 0 Å². The van der Waals surface area contributed by atoms with E-state index < -0.39 is 11.5 Å². The number of amides is 1. The number of likely N-dealkylation sites (tertiary alicyclic amines) is 1. The number of nitrogens with zero attached hydrogens (tertiary/aromatic N) is 3. The van der Waals surface area contributed by atoms with Crippen molar-refractivity contribution in [1.82, 2.24) is 4.90 Å². The number of ether oxygens (including phenoxy) is 1. The Hall–Kier alpha value is -3.31. The molecule has 122 valence electrons. The number of nitriles is 2. The Balaban J connectivity index is 1.48. The second-order valence-corrected chi connectivity index (χ2v) is 6.47. The number of fused-ring (bicyclic) bond motifs is 3. The molecule has 4 rings (SSSR count). The molecule has 2 aromatic carbocycles. The molecule has 0 saturated carbocycles. The smallest absolute Gasteiger partial charge is 0.409 e. The van der Waals surface area contributed by atoms with Crippen LogP contribution in [0.1, 0.15) is 17.0 Å². The van der Waals surface area contributed by atoms with Gasteiger partial charge in [-0.25, -0.2) is 4.79 Å². The van der Waals surface area contributed by atoms with Crippen molar-refractivity contribution < 1.29 is 9.53 Å². The summed E-state index contributed by atoms with van der Waals surface area (Å²) in [7, 11) is 0. The third kappa shape index (κ3) is 2.33. The summed E-state index contributed by atoms with van der Waals surface area (Å²) in [5.41, 5.74) is 3.59. The van der Waals surface area contributed by atoms with E-state index in [1.165, 1.54) is 16.0 Å². The van der Waals surface area contributed by atoms with Crippen molar-refractivity contribution in [2.24, 2.45) is 5.41 Å². The van der Waals surface area contributed by atoms with Gasteiger partial charge < -0.3 is 9.64 Å². The average molecular weight is 329 g/mol. The SMILES string of the molecule is N#CC1(C#N)CN(C(=O)OCC2c3ccccc3-c3ccccc32)C1. The lowest BCUT2D eigenvalue weighted by molar-refractivity contribution is 0.0463. The van der Waals surface area contributed by atoms with Gasteiger partial charge in [-0.2, -0.15) is 10.5 Å². The maximum Gasteiger partial charge on any atom is 0.409 e. The van der Waals surface area contributed by atoms with Crippen molar-refractivity contribution in [1.29, 1.82) is 10.5 Å². The molecule has 1 aliphatic heterocycles. The number of hydrogen-bond acceptors (Lipinski definition) is 4. The summed E-state index contributed by atoms with van der Waals surface area (Å²) < 4.78 is 5.49. The molecule has 1 aliphatic carbocycles. The molecule has 0 bridgehead atoms. The molecule has 0 aromatic heterocycles. The van der Waals surface area contributed by atoms with Gasteiger partial charge in [-0.3, -0.25) is 0 Å². The summed E-state index contributed by atoms with van der Waals surface area (Å²) in [4.78, 5) is 13.6. The zero-order valence-electron chi connectivity index (χ0n) is 13.5. The molecule has 0 N–H and O–H groups in total. The highest BCUT2D eigenvalue weighted by molar-refractivity contribution is 5.79. The van der Waals surface area contributed by atoms with Crippen LogP contribution in [-0.4, -0.2) is 30.7 Å². The van der Waals surface area contributed by atoms with E-state index in [4.69, 9.17) is 15.3 Å². The molecule has 1 saturated heterocycles. The summed E-state index contributed by atoms with van der Waals surface area (Å²) in [5, 5.41) is 18.0. The number of carbonyl (C=O) groups is 1. The fraction of sp³-hybridized carbons (Fsp3) is 0.250. The highest BCUT2D eigenvalue weighted by Crippen LogP contribution is 2.44. The van der Waals surface area contributed by atoms with E-state index in [0.717, 1.165) is 11.1 Å². The molecule has 5 nitrogen and oxygen atoms in total. The van der Waals surface area contributed by atoms with Gasteiger partial charge in [-0.15, -0.1) is 0 Å². The van der Waals surface area contributed by atoms with Crippen molar-refractivity contribution in [2.75, 3.05) is 19.7 Å². The lowest BCUT2D eigenvalue weighted by Gasteiger charge is -2.39. The molecule has 0 radical (unpaired) electrons. The molecule has 0 unspecified atom stereocenters. The zero-order valence-corrected chi connectivity index (χ0v) is 13.5. The Morgan fingerprint density at radius 2 is 1.56 bits per heavy atom. The lowest BCUT2D eigenvalue weighted by atomic mass is 9.83. The van der Waals surface area contributed by atoms with Gasteiger partial charge in [0.15, 0.2) is 5.41 Å². The Kier molecular flexibility index (Phi) is 3.44. The third-order valence-corrected chi connectivity index (χ3v) is 4.94. The summed E-state index contributed by atoms with van der Waals surface area (Å²) in [6.07, 6.45) is -0.469. The quantitative estimate of drug-likeness (QED) is 0.847. The van der Waals surface area contributed by atoms with E-state index in [1.807, 2.05) is 36.4 Å². The molecule has 0 atom stereocenters. The first-order chi connectivity index (χ1) is 12.2. The predicted octanol–water partition coefficient (Wildman–Crippen LogP) is 3.28. The van der Waals surface area contributed by atoms with E-state index in [9.17, 15) is 4.79 Å². The first-order valence-electron chi connectivity index (χ1n) is 8.10. The monoisotopic (exact) mass is 329 g/mol. The molecule has 1 fully saturated rings. The Bertz CT molecular complexity index is 871. The minimum atomic E-state index is -1.08. The van der Waals surface area contributed by atoms with E-state index in [1.54, 1.807) is 0 Å². The van der Waals surface area contributed by atoms with Crippen molar-refractivity contribution in [3.05, 3.63) is 59.7 Å². The minimum Gasteiger partial charge on any atom is -0.448 e. The van der Waals surface area contributed by atoms with Gasteiger partial charge in [-0.1, -0.05) is 48.5 Å². The van der Waals surface area contributed by atoms with Crippen molar-refractivity contribution in [3.8, 4) is 23.3 Å². The van der Waals surface area contributed by atoms with Crippen LogP contribution >= 0.6 is 0 Å². The predicted molar refractivity (Wildman–Crippen MR) is 90.3 cm³/mol. The maximum atomic E-state index is 12.2. The van der Waals surface area contributed by atoms with Crippen LogP contribution < -0.4 is 0 Å². The second kappa shape index (κ2) is 5.65. The van der Waals surface area contributed by atoms with E-state index in [0.29, 0.717) is 0 Å². The standard InChI is InChI=1S/C20H15N3O2/c21-10-20(11-22)12-23(13-20)19(24)25-9-18-16-7-3-1-5-14(16)15-6-2-4-8-17(15)18/h1-8,18H,9,12-13H2. The topological polar surface area (TPSA) is 77.1 Å². The third-order valence-electron chi connectivity index (χ3n) is 4.94. The maximum absolute atomic E-state index is 12.2. The summed E-state index contributed by atoms with van der Waals surface area (Å²) >= 11 is 0. The fourth-order valence-electron chi connectivity index (χ4n) is 3.59. The van der Waals surface area contributed by atoms with E-state index >= 15 is 0 Å². The highest BCUT2D eigenvalue weighted by atomic mass is 16.6. The molecular weight excluding hydrogens is 314 g/mol. The minimum absolute atomic E-state index is 0.00863. The molecule has 25 heavy (non-hydrogen) atoms. The fourth-order valence-corrected chi connectivity index (χ4v) is 3.59. The van der Waals surface area contributed by atoms with Crippen LogP contribution in [0, 0.1) is 28.1 Å². The molecular formula is C20H15N3O2. The largest absolute Gasteiger partial charge is 0.448 e. The van der Waals surface area contributed by atoms with Crippen LogP contribution in [0.25, 0.3) is 11.1 Å². The first kappa shape index (κ1) is 15.2. The molecule has 0 spiro atoms. The molecule has 2 aliphatic rings. The summed E-state index contributed by atoms with van der Waals surface area (Å²) in [6, 6.07) is 20.2. The van der Waals surface area contributed by atoms with Crippen LogP contribution in [0.3, 0.4) is 0 Å². The average Bonchev–Trinajstić information content (AvgIpc) is 2.94. The van der Waals surface area contributed by atoms with Crippen LogP contribution in [0.2, 0.25) is 0 Å². The van der Waals surface area contributed by atoms with Crippen molar-refractivity contribution in [2.45, 2.75) is 5.92 Å². The van der Waals surface area contributed by atoms with E-state index in [2.05, 4.69) is 24.3 Å². The van der Waals surface area contributed by atoms with Gasteiger partial charge in [0.05, 0.1) is 25.2 Å². The van der Waals surface area contributed by atoms with Crippen LogP contribution in [0.15, 0.2) is 48.5 Å². The molecule has 2 aromatic rings. The highest BCUT2D eigenvalue weighted by Gasteiger charge is 2.47. The molecule has 1 heterocycles. The van der Waals surface area contributed by atoms with Gasteiger partial charge in [-0.05, 0) is 22.3 Å². The van der Waals surface area contributed by atoms with Crippen LogP contribution in [0.4, 0.5) is 4.79 Å². The second-order valence-electron chi connectivity index (χ2n) is 6.47. The Labute approximate surface area is 145 Å². The summed E-state index contributed by atoms with van der Waals surface area (Å²) in [5.74, 6) is 0.00863. The van der Waals surface area contributed by atoms with Crippen LogP contribution in [-0.2, 0) is 4.74 Å². The Morgan fingerprint density at radius 1 is 1.04 bits per heavy atom. The number of carbonyl (C=O) groups excluding carboxylic acids is 1. The number of hydrogen-bond donors (Lipinski definition) is 0. The normalized spacial score (nSPS) is 16.8. The first-order valence-corrected chi connectivity index (χ1v) is 8.10. The van der Waals surface area contributed by atoms with E-state index in [-0.39, 0.29) is 25.6 Å². The van der Waals surface area contributed by atoms with Crippen molar-refractivity contribution >= 4 is 6.09 Å². The number of benzene rings is 2. The molecule has 5 heteroatoms. The van der Waals surface area contributed by atoms with Gasteiger partial charge in [0, 0.05) is 5.92 Å². The van der Waals surface area contributed by atoms with Gasteiger partial charge in [0.1, 0.15) is 6.61 Å². The number of rotatable bonds is 2. The van der Waals surface area contributed by atoms with Crippen molar-refractivity contribution in [3.63, 3.8) is 0 Å². The Morgan fingerprint density at radius 3 is 2.08 bits per heavy atom. The summed E-state index contributed by atoms with van der Waals surface area (Å²) in [6.45, 7) is 0.461.